The van der Waals surface area contributed by atoms with E-state index in [0.717, 1.165) is 50.3 Å². The largest absolute Gasteiger partial charge is 0.495 e. The second kappa shape index (κ2) is 10.5. The number of hydrogen-bond donors (Lipinski definition) is 2. The maximum Gasteiger partial charge on any atom is 0.251 e. The molecule has 37 heavy (non-hydrogen) atoms. The molecule has 2 aliphatic heterocycles. The first-order chi connectivity index (χ1) is 17.9. The Morgan fingerprint density at radius 2 is 1.97 bits per heavy atom. The van der Waals surface area contributed by atoms with Crippen molar-refractivity contribution in [1.82, 2.24) is 20.2 Å². The number of amides is 2. The number of likely N-dealkylation sites (tertiary alicyclic amines) is 1. The predicted octanol–water partition coefficient (Wildman–Crippen LogP) is 3.17. The summed E-state index contributed by atoms with van der Waals surface area (Å²) < 4.78 is 5.61. The van der Waals surface area contributed by atoms with Gasteiger partial charge in [-0.1, -0.05) is 19.8 Å². The van der Waals surface area contributed by atoms with Crippen LogP contribution in [0.3, 0.4) is 0 Å². The maximum atomic E-state index is 13.1. The number of nitrogens with zero attached hydrogens (tertiary/aromatic N) is 5. The number of benzene rings is 1. The van der Waals surface area contributed by atoms with Gasteiger partial charge in [0.05, 0.1) is 19.0 Å². The molecule has 1 aromatic carbocycles. The van der Waals surface area contributed by atoms with Gasteiger partial charge in [0.25, 0.3) is 5.91 Å². The van der Waals surface area contributed by atoms with Crippen molar-refractivity contribution in [3.63, 3.8) is 0 Å². The highest BCUT2D eigenvalue weighted by atomic mass is 16.5. The zero-order valence-electron chi connectivity index (χ0n) is 22.2. The van der Waals surface area contributed by atoms with E-state index in [9.17, 15) is 9.59 Å². The minimum Gasteiger partial charge on any atom is -0.495 e. The second-order valence-corrected chi connectivity index (χ2v) is 10.3. The summed E-state index contributed by atoms with van der Waals surface area (Å²) >= 11 is 0. The van der Waals surface area contributed by atoms with E-state index in [-0.39, 0.29) is 23.9 Å². The fourth-order valence-electron chi connectivity index (χ4n) is 5.82. The van der Waals surface area contributed by atoms with E-state index in [4.69, 9.17) is 9.72 Å². The molecule has 1 aliphatic carbocycles. The van der Waals surface area contributed by atoms with Crippen molar-refractivity contribution >= 4 is 35.0 Å². The molecule has 10 heteroatoms. The SMILES string of the molecule is CC[C@@H]1C(=O)N(C)c2cnc(Nc3ccc(C(=O)NC4CCN(C)C4)cc3OC)nc2N1C1CCCC1. The minimum atomic E-state index is -0.227. The smallest absolute Gasteiger partial charge is 0.251 e. The molecule has 2 atom stereocenters. The quantitative estimate of drug-likeness (QED) is 0.589. The summed E-state index contributed by atoms with van der Waals surface area (Å²) in [5.74, 6) is 1.72. The molecular weight excluding hydrogens is 470 g/mol. The normalized spacial score (nSPS) is 22.3. The van der Waals surface area contributed by atoms with Crippen molar-refractivity contribution < 1.29 is 14.3 Å². The first-order valence-electron chi connectivity index (χ1n) is 13.3. The zero-order chi connectivity index (χ0) is 26.1. The van der Waals surface area contributed by atoms with E-state index >= 15 is 0 Å². The van der Waals surface area contributed by atoms with E-state index in [1.54, 1.807) is 37.4 Å². The Kier molecular flexibility index (Phi) is 7.19. The maximum absolute atomic E-state index is 13.1. The molecular formula is C27H37N7O3. The van der Waals surface area contributed by atoms with Crippen molar-refractivity contribution in [2.75, 3.05) is 49.4 Å². The summed E-state index contributed by atoms with van der Waals surface area (Å²) in [6, 6.07) is 5.56. The number of likely N-dealkylation sites (N-methyl/N-ethyl adjacent to an activating group) is 2. The molecule has 1 unspecified atom stereocenters. The van der Waals surface area contributed by atoms with E-state index in [0.29, 0.717) is 29.0 Å². The predicted molar refractivity (Wildman–Crippen MR) is 144 cm³/mol. The molecule has 2 aromatic rings. The van der Waals surface area contributed by atoms with Crippen LogP contribution in [0.4, 0.5) is 23.1 Å². The first kappa shape index (κ1) is 25.3. The standard InChI is InChI=1S/C27H37N7O3/c1-5-21-26(36)33(3)22-15-28-27(31-24(22)34(21)19-8-6-7-9-19)30-20-11-10-17(14-23(20)37-4)25(35)29-18-12-13-32(2)16-18/h10-11,14-15,18-19,21H,5-9,12-13,16H2,1-4H3,(H,29,35)(H,28,30,31)/t18?,21-/m1/s1. The number of ether oxygens (including phenoxy) is 1. The number of nitrogens with one attached hydrogen (secondary N) is 2. The van der Waals surface area contributed by atoms with Crippen LogP contribution in [0.15, 0.2) is 24.4 Å². The molecule has 198 valence electrons. The molecule has 3 heterocycles. The van der Waals surface area contributed by atoms with E-state index < -0.39 is 0 Å². The molecule has 2 amide bonds. The molecule has 2 N–H and O–H groups in total. The molecule has 0 bridgehead atoms. The Balaban J connectivity index is 1.40. The Labute approximate surface area is 218 Å². The van der Waals surface area contributed by atoms with Crippen molar-refractivity contribution in [2.45, 2.75) is 63.6 Å². The van der Waals surface area contributed by atoms with Crippen LogP contribution in [0.2, 0.25) is 0 Å². The molecule has 1 saturated carbocycles. The average molecular weight is 508 g/mol. The first-order valence-corrected chi connectivity index (χ1v) is 13.3. The third-order valence-corrected chi connectivity index (χ3v) is 7.85. The lowest BCUT2D eigenvalue weighted by atomic mass is 10.0. The highest BCUT2D eigenvalue weighted by Gasteiger charge is 2.41. The average Bonchev–Trinajstić information content (AvgIpc) is 3.58. The second-order valence-electron chi connectivity index (χ2n) is 10.3. The number of carbonyl (C=O) groups excluding carboxylic acids is 2. The third-order valence-electron chi connectivity index (χ3n) is 7.85. The van der Waals surface area contributed by atoms with Crippen LogP contribution in [0.5, 0.6) is 5.75 Å². The fourth-order valence-corrected chi connectivity index (χ4v) is 5.82. The Morgan fingerprint density at radius 3 is 2.65 bits per heavy atom. The monoisotopic (exact) mass is 507 g/mol. The molecule has 5 rings (SSSR count). The number of anilines is 4. The van der Waals surface area contributed by atoms with Gasteiger partial charge < -0.3 is 30.1 Å². The molecule has 1 aromatic heterocycles. The van der Waals surface area contributed by atoms with Gasteiger partial charge in [-0.15, -0.1) is 0 Å². The van der Waals surface area contributed by atoms with Crippen LogP contribution in [-0.2, 0) is 4.79 Å². The molecule has 0 spiro atoms. The van der Waals surface area contributed by atoms with Crippen LogP contribution in [0, 0.1) is 0 Å². The van der Waals surface area contributed by atoms with Gasteiger partial charge in [-0.05, 0) is 57.5 Å². The van der Waals surface area contributed by atoms with Crippen molar-refractivity contribution in [2.24, 2.45) is 0 Å². The molecule has 2 fully saturated rings. The summed E-state index contributed by atoms with van der Waals surface area (Å²) in [6.45, 7) is 3.89. The number of methoxy groups -OCH3 is 1. The number of rotatable bonds is 7. The topological polar surface area (TPSA) is 103 Å². The van der Waals surface area contributed by atoms with Crippen molar-refractivity contribution in [3.8, 4) is 5.75 Å². The number of aromatic nitrogens is 2. The number of hydrogen-bond acceptors (Lipinski definition) is 8. The summed E-state index contributed by atoms with van der Waals surface area (Å²) in [4.78, 5) is 41.5. The van der Waals surface area contributed by atoms with Crippen LogP contribution in [0.1, 0.15) is 55.8 Å². The van der Waals surface area contributed by atoms with Gasteiger partial charge >= 0.3 is 0 Å². The lowest BCUT2D eigenvalue weighted by Crippen LogP contribution is -2.55. The van der Waals surface area contributed by atoms with E-state index in [1.807, 2.05) is 6.07 Å². The zero-order valence-corrected chi connectivity index (χ0v) is 22.2. The fraction of sp³-hybridized carbons (Fsp3) is 0.556. The lowest BCUT2D eigenvalue weighted by molar-refractivity contribution is -0.120. The van der Waals surface area contributed by atoms with Crippen LogP contribution < -0.4 is 25.2 Å². The van der Waals surface area contributed by atoms with Gasteiger partial charge in [0, 0.05) is 31.2 Å². The third kappa shape index (κ3) is 4.94. The number of carbonyl (C=O) groups is 2. The van der Waals surface area contributed by atoms with Gasteiger partial charge in [-0.3, -0.25) is 9.59 Å². The van der Waals surface area contributed by atoms with Crippen LogP contribution in [0.25, 0.3) is 0 Å². The molecule has 10 nitrogen and oxygen atoms in total. The van der Waals surface area contributed by atoms with E-state index in [1.165, 1.54) is 12.8 Å². The van der Waals surface area contributed by atoms with Gasteiger partial charge in [-0.25, -0.2) is 4.98 Å². The summed E-state index contributed by atoms with van der Waals surface area (Å²) in [5.41, 5.74) is 1.93. The van der Waals surface area contributed by atoms with Gasteiger partial charge in [0.1, 0.15) is 17.5 Å². The highest BCUT2D eigenvalue weighted by Crippen LogP contribution is 2.40. The number of fused-ring (bicyclic) bond motifs is 1. The summed E-state index contributed by atoms with van der Waals surface area (Å²) in [7, 11) is 5.43. The summed E-state index contributed by atoms with van der Waals surface area (Å²) in [6.07, 6.45) is 7.85. The highest BCUT2D eigenvalue weighted by molar-refractivity contribution is 6.04. The molecule has 3 aliphatic rings. The van der Waals surface area contributed by atoms with Crippen molar-refractivity contribution in [3.05, 3.63) is 30.0 Å². The molecule has 1 saturated heterocycles. The van der Waals surface area contributed by atoms with Crippen LogP contribution >= 0.6 is 0 Å². The van der Waals surface area contributed by atoms with Gasteiger partial charge in [0.2, 0.25) is 11.9 Å². The van der Waals surface area contributed by atoms with Gasteiger partial charge in [0.15, 0.2) is 5.82 Å². The van der Waals surface area contributed by atoms with Crippen LogP contribution in [-0.4, -0.2) is 79.1 Å². The van der Waals surface area contributed by atoms with Gasteiger partial charge in [-0.2, -0.15) is 4.98 Å². The Bertz CT molecular complexity index is 1170. The lowest BCUT2D eigenvalue weighted by Gasteiger charge is -2.43. The van der Waals surface area contributed by atoms with E-state index in [2.05, 4.69) is 39.4 Å². The Morgan fingerprint density at radius 1 is 1.19 bits per heavy atom. The molecule has 0 radical (unpaired) electrons. The minimum absolute atomic E-state index is 0.0889. The van der Waals surface area contributed by atoms with Crippen molar-refractivity contribution in [1.29, 1.82) is 0 Å². The summed E-state index contributed by atoms with van der Waals surface area (Å²) in [5, 5.41) is 6.38. The Hall–Kier alpha value is -3.40.